The first kappa shape index (κ1) is 12.1. The first-order valence-corrected chi connectivity index (χ1v) is 6.85. The van der Waals surface area contributed by atoms with E-state index in [9.17, 15) is 0 Å². The van der Waals surface area contributed by atoms with Crippen LogP contribution in [-0.4, -0.2) is 35.1 Å². The van der Waals surface area contributed by atoms with E-state index in [4.69, 9.17) is 15.2 Å². The molecule has 0 spiro atoms. The second kappa shape index (κ2) is 7.73. The lowest BCUT2D eigenvalue weighted by molar-refractivity contribution is -0.0474. The maximum Gasteiger partial charge on any atom is 0.138 e. The molecule has 1 unspecified atom stereocenters. The lowest BCUT2D eigenvalue weighted by Gasteiger charge is -2.21. The highest BCUT2D eigenvalue weighted by Gasteiger charge is 2.20. The molecule has 74 valence electrons. The molecule has 0 aromatic heterocycles. The highest BCUT2D eigenvalue weighted by atomic mass is 28.3. The van der Waals surface area contributed by atoms with Crippen LogP contribution in [0, 0.1) is 0 Å². The van der Waals surface area contributed by atoms with Crippen LogP contribution in [0.25, 0.3) is 0 Å². The summed E-state index contributed by atoms with van der Waals surface area (Å²) in [6, 6.07) is 1.22. The van der Waals surface area contributed by atoms with Crippen molar-refractivity contribution in [2.24, 2.45) is 5.73 Å². The number of nitrogens with two attached hydrogens (primary N) is 1. The van der Waals surface area contributed by atoms with Gasteiger partial charge in [0.25, 0.3) is 0 Å². The topological polar surface area (TPSA) is 44.5 Å². The summed E-state index contributed by atoms with van der Waals surface area (Å²) in [5.41, 5.74) is 5.67. The smallest absolute Gasteiger partial charge is 0.138 e. The average molecular weight is 191 g/mol. The molecule has 0 amide bonds. The summed E-state index contributed by atoms with van der Waals surface area (Å²) in [6.07, 6.45) is 3.24. The minimum absolute atomic E-state index is 0.00144. The molecule has 0 bridgehead atoms. The zero-order valence-corrected chi connectivity index (χ0v) is 9.53. The van der Waals surface area contributed by atoms with Crippen molar-refractivity contribution < 1.29 is 9.47 Å². The molecule has 0 aromatic carbocycles. The van der Waals surface area contributed by atoms with E-state index >= 15 is 0 Å². The number of methoxy groups -OCH3 is 2. The number of hydrogen-bond donors (Lipinski definition) is 1. The van der Waals surface area contributed by atoms with Crippen LogP contribution in [0.1, 0.15) is 19.8 Å². The molecule has 0 aromatic rings. The minimum atomic E-state index is -1.01. The summed E-state index contributed by atoms with van der Waals surface area (Å²) in [4.78, 5) is 0. The summed E-state index contributed by atoms with van der Waals surface area (Å²) in [6.45, 7) is 2.19. The Hall–Kier alpha value is 0.0969. The highest BCUT2D eigenvalue weighted by molar-refractivity contribution is 6.59. The molecule has 0 saturated heterocycles. The van der Waals surface area contributed by atoms with E-state index in [0.29, 0.717) is 0 Å². The maximum atomic E-state index is 5.67. The predicted molar refractivity (Wildman–Crippen MR) is 53.7 cm³/mol. The molecule has 0 heterocycles. The van der Waals surface area contributed by atoms with Gasteiger partial charge in [0.1, 0.15) is 14.7 Å². The predicted octanol–water partition coefficient (Wildman–Crippen LogP) is 0.670. The van der Waals surface area contributed by atoms with Crippen molar-refractivity contribution in [3.63, 3.8) is 0 Å². The van der Waals surface area contributed by atoms with E-state index < -0.39 is 8.80 Å². The van der Waals surface area contributed by atoms with Crippen molar-refractivity contribution >= 4 is 8.80 Å². The van der Waals surface area contributed by atoms with Gasteiger partial charge in [-0.1, -0.05) is 25.8 Å². The van der Waals surface area contributed by atoms with Crippen molar-refractivity contribution in [2.45, 2.75) is 31.7 Å². The standard InChI is InChI=1S/C8H21NO2Si/c1-4-5-6-12(7-9)8(10-2)11-3/h8,12H,4-7,9H2,1-3H3. The molecular weight excluding hydrogens is 170 g/mol. The Balaban J connectivity index is 3.75. The lowest BCUT2D eigenvalue weighted by Crippen LogP contribution is -2.40. The molecule has 2 N–H and O–H groups in total. The van der Waals surface area contributed by atoms with Gasteiger partial charge in [0.15, 0.2) is 0 Å². The van der Waals surface area contributed by atoms with Gasteiger partial charge >= 0.3 is 0 Å². The Kier molecular flexibility index (Phi) is 7.79. The van der Waals surface area contributed by atoms with Crippen LogP contribution in [0.15, 0.2) is 0 Å². The molecule has 0 radical (unpaired) electrons. The van der Waals surface area contributed by atoms with E-state index in [1.807, 2.05) is 0 Å². The van der Waals surface area contributed by atoms with Gasteiger partial charge in [-0.2, -0.15) is 0 Å². The zero-order chi connectivity index (χ0) is 9.40. The van der Waals surface area contributed by atoms with E-state index in [-0.39, 0.29) is 5.91 Å². The largest absolute Gasteiger partial charge is 0.360 e. The van der Waals surface area contributed by atoms with Gasteiger partial charge in [0.2, 0.25) is 0 Å². The van der Waals surface area contributed by atoms with Crippen LogP contribution in [0.3, 0.4) is 0 Å². The third kappa shape index (κ3) is 4.20. The zero-order valence-electron chi connectivity index (χ0n) is 8.38. The second-order valence-corrected chi connectivity index (χ2v) is 6.09. The lowest BCUT2D eigenvalue weighted by atomic mass is 10.4. The molecule has 4 heteroatoms. The first-order valence-electron chi connectivity index (χ1n) is 4.55. The van der Waals surface area contributed by atoms with Crippen LogP contribution < -0.4 is 5.73 Å². The quantitative estimate of drug-likeness (QED) is 0.475. The molecule has 0 aliphatic heterocycles. The third-order valence-corrected chi connectivity index (χ3v) is 5.15. The Morgan fingerprint density at radius 1 is 1.33 bits per heavy atom. The SMILES string of the molecule is CCCC[SiH](CN)C(OC)OC. The van der Waals surface area contributed by atoms with Gasteiger partial charge in [-0.05, 0) is 6.17 Å². The van der Waals surface area contributed by atoms with Gasteiger partial charge in [0, 0.05) is 14.2 Å². The second-order valence-electron chi connectivity index (χ2n) is 2.98. The summed E-state index contributed by atoms with van der Waals surface area (Å²) in [5.74, 6) is 0.00144. The van der Waals surface area contributed by atoms with Crippen molar-refractivity contribution in [3.05, 3.63) is 0 Å². The van der Waals surface area contributed by atoms with Crippen molar-refractivity contribution in [1.82, 2.24) is 0 Å². The fourth-order valence-electron chi connectivity index (χ4n) is 1.31. The number of hydrogen-bond acceptors (Lipinski definition) is 3. The summed E-state index contributed by atoms with van der Waals surface area (Å²) in [5, 5.41) is 0. The van der Waals surface area contributed by atoms with Crippen molar-refractivity contribution in [2.75, 3.05) is 20.4 Å². The van der Waals surface area contributed by atoms with Crippen LogP contribution in [0.4, 0.5) is 0 Å². The molecular formula is C8H21NO2Si. The molecule has 3 nitrogen and oxygen atoms in total. The van der Waals surface area contributed by atoms with Gasteiger partial charge < -0.3 is 15.2 Å². The average Bonchev–Trinajstić information content (AvgIpc) is 2.12. The Morgan fingerprint density at radius 3 is 2.25 bits per heavy atom. The van der Waals surface area contributed by atoms with E-state index in [2.05, 4.69) is 6.92 Å². The summed E-state index contributed by atoms with van der Waals surface area (Å²) in [7, 11) is 2.37. The van der Waals surface area contributed by atoms with Crippen molar-refractivity contribution in [1.29, 1.82) is 0 Å². The summed E-state index contributed by atoms with van der Waals surface area (Å²) >= 11 is 0. The normalized spacial score (nSPS) is 13.8. The van der Waals surface area contributed by atoms with Crippen molar-refractivity contribution in [3.8, 4) is 0 Å². The van der Waals surface area contributed by atoms with E-state index in [0.717, 1.165) is 6.17 Å². The third-order valence-electron chi connectivity index (χ3n) is 2.08. The molecule has 0 aliphatic rings. The minimum Gasteiger partial charge on any atom is -0.360 e. The molecule has 12 heavy (non-hydrogen) atoms. The number of ether oxygens (including phenoxy) is 2. The van der Waals surface area contributed by atoms with Crippen LogP contribution in [0.2, 0.25) is 6.04 Å². The maximum absolute atomic E-state index is 5.67. The molecule has 0 saturated carbocycles. The van der Waals surface area contributed by atoms with Gasteiger partial charge in [0.05, 0.1) is 0 Å². The Morgan fingerprint density at radius 2 is 1.92 bits per heavy atom. The summed E-state index contributed by atoms with van der Waals surface area (Å²) < 4.78 is 10.4. The van der Waals surface area contributed by atoms with Gasteiger partial charge in [-0.3, -0.25) is 0 Å². The first-order chi connectivity index (χ1) is 5.79. The van der Waals surface area contributed by atoms with Crippen LogP contribution in [0.5, 0.6) is 0 Å². The molecule has 1 atom stereocenters. The monoisotopic (exact) mass is 191 g/mol. The van der Waals surface area contributed by atoms with Crippen LogP contribution in [-0.2, 0) is 9.47 Å². The Bertz CT molecular complexity index is 99.1. The molecule has 0 aliphatic carbocycles. The Labute approximate surface area is 76.8 Å². The number of unbranched alkanes of at least 4 members (excludes halogenated alkanes) is 1. The highest BCUT2D eigenvalue weighted by Crippen LogP contribution is 2.06. The number of rotatable bonds is 7. The van der Waals surface area contributed by atoms with Crippen LogP contribution >= 0.6 is 0 Å². The fourth-order valence-corrected chi connectivity index (χ4v) is 3.74. The molecule has 0 fully saturated rings. The van der Waals surface area contributed by atoms with E-state index in [1.165, 1.54) is 18.9 Å². The van der Waals surface area contributed by atoms with E-state index in [1.54, 1.807) is 14.2 Å². The fraction of sp³-hybridized carbons (Fsp3) is 1.00. The van der Waals surface area contributed by atoms with Gasteiger partial charge in [-0.25, -0.2) is 0 Å². The molecule has 0 rings (SSSR count). The van der Waals surface area contributed by atoms with Gasteiger partial charge in [-0.15, -0.1) is 0 Å².